The number of rotatable bonds is 7. The Kier molecular flexibility index (Phi) is 6.88. The average Bonchev–Trinajstić information content (AvgIpc) is 3.57. The van der Waals surface area contributed by atoms with Crippen molar-refractivity contribution < 1.29 is 24.2 Å². The van der Waals surface area contributed by atoms with Gasteiger partial charge in [0.2, 0.25) is 0 Å². The van der Waals surface area contributed by atoms with Gasteiger partial charge in [-0.3, -0.25) is 18.9 Å². The first-order chi connectivity index (χ1) is 18.8. The number of nitrogens with zero attached hydrogens (tertiary/aromatic N) is 4. The molecule has 1 N–H and O–H groups in total. The zero-order valence-electron chi connectivity index (χ0n) is 21.7. The van der Waals surface area contributed by atoms with E-state index >= 15 is 0 Å². The SMILES string of the molecule is C=CCOC(=O)c1sc(N2C(=O)C(=O)C(=C(O)c3c(C)nc4ccccn34)C2c2ccc(CC)cc2)nc1C. The number of hydrogen-bond donors (Lipinski definition) is 1. The molecule has 0 radical (unpaired) electrons. The van der Waals surface area contributed by atoms with Gasteiger partial charge in [-0.2, -0.15) is 0 Å². The van der Waals surface area contributed by atoms with Crippen LogP contribution in [0.1, 0.15) is 50.8 Å². The minimum absolute atomic E-state index is 0.0262. The molecule has 1 unspecified atom stereocenters. The van der Waals surface area contributed by atoms with Crippen molar-refractivity contribution in [1.82, 2.24) is 14.4 Å². The third-order valence-electron chi connectivity index (χ3n) is 6.59. The molecule has 1 aliphatic rings. The van der Waals surface area contributed by atoms with Gasteiger partial charge in [0, 0.05) is 6.20 Å². The number of imidazole rings is 1. The molecule has 4 aromatic rings. The molecule has 1 atom stereocenters. The number of aliphatic hydroxyl groups excluding tert-OH is 1. The van der Waals surface area contributed by atoms with Crippen LogP contribution >= 0.6 is 11.3 Å². The summed E-state index contributed by atoms with van der Waals surface area (Å²) in [5.41, 5.74) is 3.39. The Bertz CT molecular complexity index is 1660. The van der Waals surface area contributed by atoms with E-state index in [-0.39, 0.29) is 27.9 Å². The van der Waals surface area contributed by atoms with Crippen LogP contribution in [0, 0.1) is 13.8 Å². The lowest BCUT2D eigenvalue weighted by molar-refractivity contribution is -0.132. The van der Waals surface area contributed by atoms with Crippen LogP contribution in [-0.2, 0) is 20.7 Å². The molecule has 1 saturated heterocycles. The van der Waals surface area contributed by atoms with Gasteiger partial charge < -0.3 is 9.84 Å². The molecule has 4 heterocycles. The lowest BCUT2D eigenvalue weighted by Gasteiger charge is -2.23. The number of Topliss-reactive ketones (excluding diaryl/α,β-unsaturated/α-hetero) is 1. The highest BCUT2D eigenvalue weighted by atomic mass is 32.1. The number of ketones is 1. The summed E-state index contributed by atoms with van der Waals surface area (Å²) in [5.74, 6) is -2.65. The molecule has 1 amide bonds. The average molecular weight is 543 g/mol. The van der Waals surface area contributed by atoms with Gasteiger partial charge in [0.05, 0.1) is 23.0 Å². The molecule has 0 aliphatic carbocycles. The molecule has 0 bridgehead atoms. The van der Waals surface area contributed by atoms with Crippen molar-refractivity contribution in [2.75, 3.05) is 11.5 Å². The zero-order valence-corrected chi connectivity index (χ0v) is 22.5. The zero-order chi connectivity index (χ0) is 27.8. The molecular weight excluding hydrogens is 516 g/mol. The Morgan fingerprint density at radius 2 is 1.87 bits per heavy atom. The number of thiazole rings is 1. The van der Waals surface area contributed by atoms with Crippen molar-refractivity contribution >= 4 is 45.5 Å². The maximum absolute atomic E-state index is 13.6. The molecule has 39 heavy (non-hydrogen) atoms. The maximum atomic E-state index is 13.6. The fraction of sp³-hybridized carbons (Fsp3) is 0.207. The summed E-state index contributed by atoms with van der Waals surface area (Å²) in [4.78, 5) is 50.1. The number of amides is 1. The summed E-state index contributed by atoms with van der Waals surface area (Å²) in [6.07, 6.45) is 4.00. The number of anilines is 1. The van der Waals surface area contributed by atoms with Crippen molar-refractivity contribution in [3.8, 4) is 0 Å². The number of aromatic nitrogens is 3. The minimum Gasteiger partial charge on any atom is -0.505 e. The van der Waals surface area contributed by atoms with Gasteiger partial charge in [0.1, 0.15) is 22.8 Å². The van der Waals surface area contributed by atoms with Gasteiger partial charge in [-0.05, 0) is 43.5 Å². The summed E-state index contributed by atoms with van der Waals surface area (Å²) in [5, 5.41) is 11.8. The standard InChI is InChI=1S/C29H26N4O5S/c1-5-15-38-28(37)26-17(4)31-29(39-26)33-23(19-12-10-18(6-2)11-13-19)21(25(35)27(33)36)24(34)22-16(3)30-20-9-7-8-14-32(20)22/h5,7-14,23,34H,1,6,15H2,2-4H3. The number of fused-ring (bicyclic) bond motifs is 1. The Morgan fingerprint density at radius 3 is 2.56 bits per heavy atom. The monoisotopic (exact) mass is 542 g/mol. The third kappa shape index (κ3) is 4.42. The van der Waals surface area contributed by atoms with E-state index in [0.717, 1.165) is 23.3 Å². The molecule has 10 heteroatoms. The van der Waals surface area contributed by atoms with Gasteiger partial charge >= 0.3 is 11.9 Å². The van der Waals surface area contributed by atoms with Crippen LogP contribution in [-0.4, -0.2) is 43.7 Å². The minimum atomic E-state index is -0.979. The van der Waals surface area contributed by atoms with E-state index < -0.39 is 23.7 Å². The second kappa shape index (κ2) is 10.3. The van der Waals surface area contributed by atoms with Crippen molar-refractivity contribution in [3.63, 3.8) is 0 Å². The van der Waals surface area contributed by atoms with Gasteiger partial charge in [-0.15, -0.1) is 0 Å². The Morgan fingerprint density at radius 1 is 1.13 bits per heavy atom. The van der Waals surface area contributed by atoms with Gasteiger partial charge in [-0.25, -0.2) is 14.8 Å². The van der Waals surface area contributed by atoms with Gasteiger partial charge in [0.25, 0.3) is 5.78 Å². The number of aryl methyl sites for hydroxylation is 3. The fourth-order valence-corrected chi connectivity index (χ4v) is 5.67. The second-order valence-corrected chi connectivity index (χ2v) is 10.0. The number of benzene rings is 1. The van der Waals surface area contributed by atoms with E-state index in [0.29, 0.717) is 28.3 Å². The summed E-state index contributed by atoms with van der Waals surface area (Å²) in [6.45, 7) is 8.96. The van der Waals surface area contributed by atoms with E-state index in [1.54, 1.807) is 36.6 Å². The summed E-state index contributed by atoms with van der Waals surface area (Å²) < 4.78 is 6.84. The predicted molar refractivity (Wildman–Crippen MR) is 148 cm³/mol. The molecular formula is C29H26N4O5S. The molecule has 0 spiro atoms. The van der Waals surface area contributed by atoms with Gasteiger partial charge in [-0.1, -0.05) is 61.2 Å². The topological polar surface area (TPSA) is 114 Å². The number of ether oxygens (including phenoxy) is 1. The number of hydrogen-bond acceptors (Lipinski definition) is 8. The van der Waals surface area contributed by atoms with E-state index in [1.165, 1.54) is 11.0 Å². The first-order valence-electron chi connectivity index (χ1n) is 12.4. The number of carbonyl (C=O) groups excluding carboxylic acids is 3. The molecule has 1 fully saturated rings. The largest absolute Gasteiger partial charge is 0.505 e. The number of pyridine rings is 1. The maximum Gasteiger partial charge on any atom is 0.350 e. The fourth-order valence-electron chi connectivity index (χ4n) is 4.68. The van der Waals surface area contributed by atoms with Crippen molar-refractivity contribution in [2.24, 2.45) is 0 Å². The number of carbonyl (C=O) groups is 3. The lowest BCUT2D eigenvalue weighted by Crippen LogP contribution is -2.29. The van der Waals surface area contributed by atoms with Crippen LogP contribution in [0.25, 0.3) is 11.4 Å². The smallest absolute Gasteiger partial charge is 0.350 e. The molecule has 3 aromatic heterocycles. The van der Waals surface area contributed by atoms with Crippen LogP contribution in [0.15, 0.2) is 66.9 Å². The van der Waals surface area contributed by atoms with Crippen molar-refractivity contribution in [1.29, 1.82) is 0 Å². The first-order valence-corrected chi connectivity index (χ1v) is 13.2. The molecule has 0 saturated carbocycles. The molecule has 5 rings (SSSR count). The van der Waals surface area contributed by atoms with E-state index in [1.807, 2.05) is 37.3 Å². The second-order valence-electron chi connectivity index (χ2n) is 9.04. The Hall–Kier alpha value is -4.57. The van der Waals surface area contributed by atoms with E-state index in [2.05, 4.69) is 16.5 Å². The third-order valence-corrected chi connectivity index (χ3v) is 7.72. The normalized spacial score (nSPS) is 16.7. The van der Waals surface area contributed by atoms with Crippen molar-refractivity contribution in [3.05, 3.63) is 100.0 Å². The molecule has 9 nitrogen and oxygen atoms in total. The highest BCUT2D eigenvalue weighted by Gasteiger charge is 2.49. The summed E-state index contributed by atoms with van der Waals surface area (Å²) in [6, 6.07) is 11.9. The molecule has 1 aromatic carbocycles. The molecule has 1 aliphatic heterocycles. The van der Waals surface area contributed by atoms with Crippen molar-refractivity contribution in [2.45, 2.75) is 33.2 Å². The Balaban J connectivity index is 1.71. The molecule has 198 valence electrons. The van der Waals surface area contributed by atoms with Crippen LogP contribution in [0.2, 0.25) is 0 Å². The van der Waals surface area contributed by atoms with Crippen LogP contribution in [0.3, 0.4) is 0 Å². The predicted octanol–water partition coefficient (Wildman–Crippen LogP) is 4.94. The van der Waals surface area contributed by atoms with Crippen LogP contribution in [0.4, 0.5) is 5.13 Å². The summed E-state index contributed by atoms with van der Waals surface area (Å²) in [7, 11) is 0. The highest BCUT2D eigenvalue weighted by Crippen LogP contribution is 2.44. The lowest BCUT2D eigenvalue weighted by atomic mass is 9.95. The van der Waals surface area contributed by atoms with E-state index in [4.69, 9.17) is 4.74 Å². The quantitative estimate of drug-likeness (QED) is 0.116. The highest BCUT2D eigenvalue weighted by molar-refractivity contribution is 7.17. The summed E-state index contributed by atoms with van der Waals surface area (Å²) >= 11 is 0.955. The van der Waals surface area contributed by atoms with Crippen LogP contribution < -0.4 is 4.90 Å². The number of aliphatic hydroxyl groups is 1. The number of esters is 1. The first kappa shape index (κ1) is 26.1. The van der Waals surface area contributed by atoms with E-state index in [9.17, 15) is 19.5 Å². The van der Waals surface area contributed by atoms with Crippen LogP contribution in [0.5, 0.6) is 0 Å². The Labute approximate surface area is 228 Å². The van der Waals surface area contributed by atoms with Gasteiger partial charge in [0.15, 0.2) is 10.9 Å².